The molecule has 0 aliphatic carbocycles. The molecule has 1 N–H and O–H groups in total. The molecule has 0 spiro atoms. The van der Waals surface area contributed by atoms with Crippen LogP contribution >= 0.6 is 0 Å². The summed E-state index contributed by atoms with van der Waals surface area (Å²) in [4.78, 5) is 11.9. The van der Waals surface area contributed by atoms with Gasteiger partial charge in [-0.05, 0) is 29.3 Å². The number of carbonyl (C=O) groups is 1. The Kier molecular flexibility index (Phi) is 3.98. The average molecular weight is 241 g/mol. The molecule has 2 nitrogen and oxygen atoms in total. The van der Waals surface area contributed by atoms with Crippen molar-refractivity contribution in [3.8, 4) is 0 Å². The molecule has 0 saturated carbocycles. The molecular weight excluding hydrogens is 222 g/mol. The molecule has 2 aromatic rings. The van der Waals surface area contributed by atoms with E-state index in [4.69, 9.17) is 0 Å². The fourth-order valence-corrected chi connectivity index (χ4v) is 2.10. The summed E-state index contributed by atoms with van der Waals surface area (Å²) in [7, 11) is 0. The quantitative estimate of drug-likeness (QED) is 0.853. The average Bonchev–Trinajstić information content (AvgIpc) is 2.39. The lowest BCUT2D eigenvalue weighted by molar-refractivity contribution is -0.119. The van der Waals surface area contributed by atoms with E-state index in [-0.39, 0.29) is 11.8 Å². The van der Waals surface area contributed by atoms with Crippen LogP contribution in [-0.4, -0.2) is 5.91 Å². The summed E-state index contributed by atoms with van der Waals surface area (Å²) >= 11 is 0. The Morgan fingerprint density at radius 1 is 1.17 bits per heavy atom. The Bertz CT molecular complexity index is 548. The summed E-state index contributed by atoms with van der Waals surface area (Å²) in [5.74, 6) is 0.175. The lowest BCUT2D eigenvalue weighted by Crippen LogP contribution is -2.20. The third-order valence-corrected chi connectivity index (χ3v) is 3.19. The van der Waals surface area contributed by atoms with Crippen LogP contribution in [0.15, 0.2) is 42.5 Å². The monoisotopic (exact) mass is 241 g/mol. The predicted octanol–water partition coefficient (Wildman–Crippen LogP) is 4.21. The highest BCUT2D eigenvalue weighted by Crippen LogP contribution is 2.19. The van der Waals surface area contributed by atoms with Crippen molar-refractivity contribution in [2.45, 2.75) is 26.7 Å². The molecule has 0 aliphatic heterocycles. The maximum Gasteiger partial charge on any atom is 0.227 e. The van der Waals surface area contributed by atoms with Gasteiger partial charge in [0.25, 0.3) is 0 Å². The highest BCUT2D eigenvalue weighted by atomic mass is 16.1. The third-order valence-electron chi connectivity index (χ3n) is 3.19. The van der Waals surface area contributed by atoms with E-state index in [1.54, 1.807) is 0 Å². The van der Waals surface area contributed by atoms with Gasteiger partial charge in [-0.1, -0.05) is 50.6 Å². The van der Waals surface area contributed by atoms with Gasteiger partial charge in [-0.2, -0.15) is 0 Å². The summed E-state index contributed by atoms with van der Waals surface area (Å²) in [5, 5.41) is 5.32. The van der Waals surface area contributed by atoms with Crippen molar-refractivity contribution in [3.05, 3.63) is 42.5 Å². The first-order valence-corrected chi connectivity index (χ1v) is 6.50. The summed E-state index contributed by atoms with van der Waals surface area (Å²) < 4.78 is 0. The van der Waals surface area contributed by atoms with E-state index in [1.807, 2.05) is 37.3 Å². The third kappa shape index (κ3) is 2.89. The van der Waals surface area contributed by atoms with Gasteiger partial charge in [0.15, 0.2) is 0 Å². The highest BCUT2D eigenvalue weighted by Gasteiger charge is 2.11. The van der Waals surface area contributed by atoms with Crippen LogP contribution in [0.5, 0.6) is 0 Å². The SMILES string of the molecule is CCCC(C)C(=O)Nc1ccc2ccccc2c1. The van der Waals surface area contributed by atoms with Crippen molar-refractivity contribution in [2.24, 2.45) is 5.92 Å². The predicted molar refractivity (Wildman–Crippen MR) is 76.6 cm³/mol. The van der Waals surface area contributed by atoms with Crippen molar-refractivity contribution in [3.63, 3.8) is 0 Å². The van der Waals surface area contributed by atoms with E-state index >= 15 is 0 Å². The van der Waals surface area contributed by atoms with E-state index in [0.717, 1.165) is 23.9 Å². The number of hydrogen-bond donors (Lipinski definition) is 1. The second kappa shape index (κ2) is 5.67. The van der Waals surface area contributed by atoms with Crippen LogP contribution in [0.4, 0.5) is 5.69 Å². The number of benzene rings is 2. The number of anilines is 1. The van der Waals surface area contributed by atoms with Gasteiger partial charge in [-0.3, -0.25) is 4.79 Å². The molecule has 0 fully saturated rings. The van der Waals surface area contributed by atoms with Crippen LogP contribution in [0.2, 0.25) is 0 Å². The van der Waals surface area contributed by atoms with Gasteiger partial charge < -0.3 is 5.32 Å². The maximum absolute atomic E-state index is 11.9. The van der Waals surface area contributed by atoms with Gasteiger partial charge in [0.05, 0.1) is 0 Å². The minimum absolute atomic E-state index is 0.0708. The van der Waals surface area contributed by atoms with Gasteiger partial charge in [0, 0.05) is 11.6 Å². The van der Waals surface area contributed by atoms with Crippen LogP contribution in [0.25, 0.3) is 10.8 Å². The first-order chi connectivity index (χ1) is 8.70. The fourth-order valence-electron chi connectivity index (χ4n) is 2.10. The van der Waals surface area contributed by atoms with Gasteiger partial charge in [-0.15, -0.1) is 0 Å². The molecule has 0 aromatic heterocycles. The first-order valence-electron chi connectivity index (χ1n) is 6.50. The van der Waals surface area contributed by atoms with Crippen LogP contribution in [-0.2, 0) is 4.79 Å². The van der Waals surface area contributed by atoms with E-state index in [0.29, 0.717) is 0 Å². The maximum atomic E-state index is 11.9. The van der Waals surface area contributed by atoms with Crippen molar-refractivity contribution in [2.75, 3.05) is 5.32 Å². The van der Waals surface area contributed by atoms with Crippen LogP contribution in [0, 0.1) is 5.92 Å². The summed E-state index contributed by atoms with van der Waals surface area (Å²) in [5.41, 5.74) is 0.877. The summed E-state index contributed by atoms with van der Waals surface area (Å²) in [6, 6.07) is 14.2. The van der Waals surface area contributed by atoms with Crippen molar-refractivity contribution in [1.29, 1.82) is 0 Å². The second-order valence-electron chi connectivity index (χ2n) is 4.74. The molecule has 2 aromatic carbocycles. The zero-order valence-electron chi connectivity index (χ0n) is 10.9. The smallest absolute Gasteiger partial charge is 0.227 e. The molecule has 1 unspecified atom stereocenters. The second-order valence-corrected chi connectivity index (χ2v) is 4.74. The molecule has 94 valence electrons. The molecule has 0 saturated heterocycles. The molecule has 1 atom stereocenters. The Labute approximate surface area is 108 Å². The molecule has 0 radical (unpaired) electrons. The molecule has 0 aliphatic rings. The van der Waals surface area contributed by atoms with Gasteiger partial charge in [0.1, 0.15) is 0 Å². The van der Waals surface area contributed by atoms with Crippen LogP contribution in [0.3, 0.4) is 0 Å². The number of nitrogens with one attached hydrogen (secondary N) is 1. The summed E-state index contributed by atoms with van der Waals surface area (Å²) in [6.07, 6.45) is 1.96. The van der Waals surface area contributed by atoms with Crippen molar-refractivity contribution in [1.82, 2.24) is 0 Å². The largest absolute Gasteiger partial charge is 0.326 e. The Morgan fingerprint density at radius 3 is 2.61 bits per heavy atom. The molecule has 2 rings (SSSR count). The number of hydrogen-bond acceptors (Lipinski definition) is 1. The Hall–Kier alpha value is -1.83. The van der Waals surface area contributed by atoms with Crippen molar-refractivity contribution < 1.29 is 4.79 Å². The van der Waals surface area contributed by atoms with Crippen LogP contribution < -0.4 is 5.32 Å². The van der Waals surface area contributed by atoms with Crippen molar-refractivity contribution >= 4 is 22.4 Å². The minimum atomic E-state index is 0.0708. The van der Waals surface area contributed by atoms with Crippen LogP contribution in [0.1, 0.15) is 26.7 Å². The lowest BCUT2D eigenvalue weighted by atomic mass is 10.0. The molecule has 18 heavy (non-hydrogen) atoms. The molecule has 2 heteroatoms. The molecule has 1 amide bonds. The van der Waals surface area contributed by atoms with E-state index in [1.165, 1.54) is 5.39 Å². The zero-order chi connectivity index (χ0) is 13.0. The van der Waals surface area contributed by atoms with E-state index in [9.17, 15) is 4.79 Å². The minimum Gasteiger partial charge on any atom is -0.326 e. The van der Waals surface area contributed by atoms with Gasteiger partial charge >= 0.3 is 0 Å². The lowest BCUT2D eigenvalue weighted by Gasteiger charge is -2.11. The Morgan fingerprint density at radius 2 is 1.89 bits per heavy atom. The Balaban J connectivity index is 2.14. The van der Waals surface area contributed by atoms with Gasteiger partial charge in [-0.25, -0.2) is 0 Å². The highest BCUT2D eigenvalue weighted by molar-refractivity contribution is 5.95. The van der Waals surface area contributed by atoms with E-state index < -0.39 is 0 Å². The zero-order valence-corrected chi connectivity index (χ0v) is 10.9. The standard InChI is InChI=1S/C16H19NO/c1-3-6-12(2)16(18)17-15-10-9-13-7-4-5-8-14(13)11-15/h4-5,7-12H,3,6H2,1-2H3,(H,17,18). The number of carbonyl (C=O) groups excluding carboxylic acids is 1. The number of rotatable bonds is 4. The molecule has 0 bridgehead atoms. The topological polar surface area (TPSA) is 29.1 Å². The normalized spacial score (nSPS) is 12.3. The first kappa shape index (κ1) is 12.6. The molecular formula is C16H19NO. The van der Waals surface area contributed by atoms with E-state index in [2.05, 4.69) is 24.4 Å². The summed E-state index contributed by atoms with van der Waals surface area (Å²) in [6.45, 7) is 4.07. The molecule has 0 heterocycles. The van der Waals surface area contributed by atoms with Gasteiger partial charge in [0.2, 0.25) is 5.91 Å². The number of fused-ring (bicyclic) bond motifs is 1. The fraction of sp³-hybridized carbons (Fsp3) is 0.312. The number of amides is 1.